The summed E-state index contributed by atoms with van der Waals surface area (Å²) in [7, 11) is 0. The van der Waals surface area contributed by atoms with Gasteiger partial charge in [0.1, 0.15) is 30.3 Å². The maximum absolute atomic E-state index is 12.9. The van der Waals surface area contributed by atoms with Gasteiger partial charge in [-0.2, -0.15) is 0 Å². The van der Waals surface area contributed by atoms with Crippen LogP contribution in [0.1, 0.15) is 11.1 Å². The minimum Gasteiger partial charge on any atom is -0.490 e. The Balaban J connectivity index is 1.52. The van der Waals surface area contributed by atoms with Crippen LogP contribution in [0.3, 0.4) is 0 Å². The van der Waals surface area contributed by atoms with Crippen molar-refractivity contribution in [3.8, 4) is 11.5 Å². The SMILES string of the molecule is Cc1ccc(OCCOc2c(Cl)cc(Cl)cc2/C=C2/C(=O)NN(c3ccccc3)C2=O)cc1. The van der Waals surface area contributed by atoms with Gasteiger partial charge in [-0.05, 0) is 49.4 Å². The second-order valence-corrected chi connectivity index (χ2v) is 8.13. The number of hydrogen-bond acceptors (Lipinski definition) is 4. The number of anilines is 1. The van der Waals surface area contributed by atoms with Gasteiger partial charge in [0.05, 0.1) is 10.7 Å². The van der Waals surface area contributed by atoms with E-state index in [1.165, 1.54) is 17.2 Å². The number of para-hydroxylation sites is 1. The number of carbonyl (C=O) groups excluding carboxylic acids is 2. The third-order valence-corrected chi connectivity index (χ3v) is 5.36. The minimum absolute atomic E-state index is 0.0575. The molecule has 0 aromatic heterocycles. The maximum atomic E-state index is 12.9. The number of ether oxygens (including phenoxy) is 2. The van der Waals surface area contributed by atoms with Gasteiger partial charge in [0, 0.05) is 10.6 Å². The highest BCUT2D eigenvalue weighted by Gasteiger charge is 2.34. The summed E-state index contributed by atoms with van der Waals surface area (Å²) in [5.41, 5.74) is 4.61. The number of hydrazine groups is 1. The molecule has 1 aliphatic heterocycles. The predicted molar refractivity (Wildman–Crippen MR) is 129 cm³/mol. The van der Waals surface area contributed by atoms with Gasteiger partial charge in [0.2, 0.25) is 0 Å². The minimum atomic E-state index is -0.534. The molecule has 1 N–H and O–H groups in total. The number of amides is 2. The fourth-order valence-electron chi connectivity index (χ4n) is 3.25. The average molecular weight is 483 g/mol. The molecule has 1 fully saturated rings. The zero-order valence-electron chi connectivity index (χ0n) is 17.7. The lowest BCUT2D eigenvalue weighted by molar-refractivity contribution is -0.117. The number of rotatable bonds is 7. The lowest BCUT2D eigenvalue weighted by Crippen LogP contribution is -2.35. The highest BCUT2D eigenvalue weighted by molar-refractivity contribution is 6.36. The fourth-order valence-corrected chi connectivity index (χ4v) is 3.81. The molecule has 168 valence electrons. The molecule has 0 saturated carbocycles. The van der Waals surface area contributed by atoms with Crippen LogP contribution in [0.5, 0.6) is 11.5 Å². The first-order chi connectivity index (χ1) is 15.9. The zero-order valence-corrected chi connectivity index (χ0v) is 19.2. The molecule has 0 aliphatic carbocycles. The van der Waals surface area contributed by atoms with Gasteiger partial charge in [-0.25, -0.2) is 5.01 Å². The third-order valence-electron chi connectivity index (χ3n) is 4.86. The Kier molecular flexibility index (Phi) is 6.87. The lowest BCUT2D eigenvalue weighted by Gasteiger charge is -2.14. The molecule has 0 radical (unpaired) electrons. The number of nitrogens with zero attached hydrogens (tertiary/aromatic N) is 1. The van der Waals surface area contributed by atoms with E-state index in [1.807, 2.05) is 37.3 Å². The van der Waals surface area contributed by atoms with Crippen molar-refractivity contribution < 1.29 is 19.1 Å². The Labute approximate surface area is 201 Å². The van der Waals surface area contributed by atoms with E-state index < -0.39 is 11.8 Å². The quantitative estimate of drug-likeness (QED) is 0.284. The van der Waals surface area contributed by atoms with Crippen molar-refractivity contribution in [2.75, 3.05) is 18.2 Å². The molecule has 3 aromatic carbocycles. The Hall–Kier alpha value is -3.48. The Bertz CT molecular complexity index is 1210. The van der Waals surface area contributed by atoms with Crippen LogP contribution >= 0.6 is 23.2 Å². The van der Waals surface area contributed by atoms with Crippen LogP contribution in [-0.2, 0) is 9.59 Å². The molecule has 0 unspecified atom stereocenters. The number of aryl methyl sites for hydroxylation is 1. The lowest BCUT2D eigenvalue weighted by atomic mass is 10.1. The summed E-state index contributed by atoms with van der Waals surface area (Å²) in [4.78, 5) is 25.4. The first-order valence-electron chi connectivity index (χ1n) is 10.2. The summed E-state index contributed by atoms with van der Waals surface area (Å²) < 4.78 is 11.5. The van der Waals surface area contributed by atoms with Gasteiger partial charge in [-0.15, -0.1) is 0 Å². The van der Waals surface area contributed by atoms with E-state index in [2.05, 4.69) is 5.43 Å². The van der Waals surface area contributed by atoms with Crippen molar-refractivity contribution in [3.05, 3.63) is 93.5 Å². The van der Waals surface area contributed by atoms with Crippen LogP contribution in [0.2, 0.25) is 10.0 Å². The van der Waals surface area contributed by atoms with Gasteiger partial charge in [-0.3, -0.25) is 15.0 Å². The number of hydrogen-bond donors (Lipinski definition) is 1. The average Bonchev–Trinajstić information content (AvgIpc) is 3.08. The normalized spacial score (nSPS) is 14.5. The van der Waals surface area contributed by atoms with Crippen molar-refractivity contribution in [1.82, 2.24) is 5.43 Å². The molecule has 3 aromatic rings. The molecular formula is C25H20Cl2N2O4. The second-order valence-electron chi connectivity index (χ2n) is 7.29. The molecule has 33 heavy (non-hydrogen) atoms. The molecular weight excluding hydrogens is 463 g/mol. The predicted octanol–water partition coefficient (Wildman–Crippen LogP) is 5.22. The fraction of sp³-hybridized carbons (Fsp3) is 0.120. The summed E-state index contributed by atoms with van der Waals surface area (Å²) in [6.07, 6.45) is 1.43. The van der Waals surface area contributed by atoms with E-state index in [0.29, 0.717) is 22.0 Å². The van der Waals surface area contributed by atoms with Gasteiger partial charge < -0.3 is 9.47 Å². The van der Waals surface area contributed by atoms with Crippen LogP contribution in [0.25, 0.3) is 6.08 Å². The highest BCUT2D eigenvalue weighted by Crippen LogP contribution is 2.35. The summed E-state index contributed by atoms with van der Waals surface area (Å²) in [5, 5.41) is 1.80. The van der Waals surface area contributed by atoms with Gasteiger partial charge >= 0.3 is 0 Å². The van der Waals surface area contributed by atoms with Crippen molar-refractivity contribution in [1.29, 1.82) is 0 Å². The van der Waals surface area contributed by atoms with Gasteiger partial charge in [-0.1, -0.05) is 59.1 Å². The molecule has 1 heterocycles. The van der Waals surface area contributed by atoms with Crippen LogP contribution in [-0.4, -0.2) is 25.0 Å². The third kappa shape index (κ3) is 5.30. The molecule has 0 atom stereocenters. The Morgan fingerprint density at radius 2 is 1.64 bits per heavy atom. The van der Waals surface area contributed by atoms with E-state index >= 15 is 0 Å². The van der Waals surface area contributed by atoms with Crippen LogP contribution in [0, 0.1) is 6.92 Å². The van der Waals surface area contributed by atoms with Crippen LogP contribution in [0.4, 0.5) is 5.69 Å². The number of halogens is 2. The molecule has 2 amide bonds. The molecule has 8 heteroatoms. The number of nitrogens with one attached hydrogen (secondary N) is 1. The summed E-state index contributed by atoms with van der Waals surface area (Å²) in [6.45, 7) is 2.47. The van der Waals surface area contributed by atoms with Crippen molar-refractivity contribution >= 4 is 46.8 Å². The molecule has 4 rings (SSSR count). The molecule has 1 saturated heterocycles. The van der Waals surface area contributed by atoms with E-state index in [4.69, 9.17) is 32.7 Å². The summed E-state index contributed by atoms with van der Waals surface area (Å²) in [6, 6.07) is 19.6. The van der Waals surface area contributed by atoms with Crippen molar-refractivity contribution in [2.24, 2.45) is 0 Å². The zero-order chi connectivity index (χ0) is 23.4. The van der Waals surface area contributed by atoms with Gasteiger partial charge in [0.25, 0.3) is 11.8 Å². The van der Waals surface area contributed by atoms with Gasteiger partial charge in [0.15, 0.2) is 0 Å². The smallest absolute Gasteiger partial charge is 0.282 e. The summed E-state index contributed by atoms with van der Waals surface area (Å²) >= 11 is 12.5. The van der Waals surface area contributed by atoms with E-state index in [-0.39, 0.29) is 23.8 Å². The maximum Gasteiger partial charge on any atom is 0.282 e. The monoisotopic (exact) mass is 482 g/mol. The Morgan fingerprint density at radius 1 is 0.939 bits per heavy atom. The standard InChI is InChI=1S/C25H20Cl2N2O4/c1-16-7-9-20(10-8-16)32-11-12-33-23-17(13-18(26)15-22(23)27)14-21-24(30)28-29(25(21)31)19-5-3-2-4-6-19/h2-10,13-15H,11-12H2,1H3,(H,28,30)/b21-14-. The van der Waals surface area contributed by atoms with Crippen LogP contribution in [0.15, 0.2) is 72.3 Å². The van der Waals surface area contributed by atoms with Crippen molar-refractivity contribution in [3.63, 3.8) is 0 Å². The largest absolute Gasteiger partial charge is 0.490 e. The van der Waals surface area contributed by atoms with E-state index in [0.717, 1.165) is 11.3 Å². The topological polar surface area (TPSA) is 67.9 Å². The molecule has 0 bridgehead atoms. The first kappa shape index (κ1) is 22.7. The molecule has 6 nitrogen and oxygen atoms in total. The highest BCUT2D eigenvalue weighted by atomic mass is 35.5. The first-order valence-corrected chi connectivity index (χ1v) is 10.9. The number of carbonyl (C=O) groups is 2. The van der Waals surface area contributed by atoms with Crippen LogP contribution < -0.4 is 19.9 Å². The summed E-state index contributed by atoms with van der Waals surface area (Å²) in [5.74, 6) is 0.00682. The Morgan fingerprint density at radius 3 is 2.36 bits per heavy atom. The molecule has 1 aliphatic rings. The van der Waals surface area contributed by atoms with E-state index in [1.54, 1.807) is 30.3 Å². The molecule has 0 spiro atoms. The number of benzene rings is 3. The van der Waals surface area contributed by atoms with E-state index in [9.17, 15) is 9.59 Å². The van der Waals surface area contributed by atoms with Crippen molar-refractivity contribution in [2.45, 2.75) is 6.92 Å². The second kappa shape index (κ2) is 9.98.